The molecule has 0 saturated heterocycles. The Morgan fingerprint density at radius 1 is 1.32 bits per heavy atom. The fourth-order valence-corrected chi connectivity index (χ4v) is 5.42. The molecule has 0 aliphatic heterocycles. The molecule has 19 heavy (non-hydrogen) atoms. The van der Waals surface area contributed by atoms with Crippen molar-refractivity contribution in [3.8, 4) is 0 Å². The zero-order valence-corrected chi connectivity index (χ0v) is 14.7. The molecule has 4 N–H and O–H groups in total. The van der Waals surface area contributed by atoms with Crippen LogP contribution in [0.25, 0.3) is 0 Å². The molecule has 108 valence electrons. The van der Waals surface area contributed by atoms with Gasteiger partial charge in [-0.15, -0.1) is 0 Å². The van der Waals surface area contributed by atoms with Gasteiger partial charge in [0.05, 0.1) is 11.6 Å². The lowest BCUT2D eigenvalue weighted by Crippen LogP contribution is -2.50. The first kappa shape index (κ1) is 16.9. The van der Waals surface area contributed by atoms with Crippen LogP contribution in [0.2, 0.25) is 0 Å². The molecule has 1 atom stereocenters. The Morgan fingerprint density at radius 2 is 1.74 bits per heavy atom. The van der Waals surface area contributed by atoms with E-state index in [0.717, 1.165) is 0 Å². The number of aliphatic hydroxyl groups is 1. The molecule has 0 spiro atoms. The predicted molar refractivity (Wildman–Crippen MR) is 82.3 cm³/mol. The molecule has 0 heterocycles. The summed E-state index contributed by atoms with van der Waals surface area (Å²) in [6.45, 7) is 4.73. The summed E-state index contributed by atoms with van der Waals surface area (Å²) in [6, 6.07) is 3.02. The molecule has 0 aliphatic rings. The number of benzene rings is 1. The fourth-order valence-electron chi connectivity index (χ4n) is 1.32. The summed E-state index contributed by atoms with van der Waals surface area (Å²) in [7, 11) is -3.80. The Balaban J connectivity index is 3.30. The molecule has 1 unspecified atom stereocenters. The van der Waals surface area contributed by atoms with Gasteiger partial charge < -0.3 is 10.8 Å². The minimum atomic E-state index is -3.80. The third-order valence-electron chi connectivity index (χ3n) is 2.73. The van der Waals surface area contributed by atoms with E-state index in [9.17, 15) is 13.5 Å². The summed E-state index contributed by atoms with van der Waals surface area (Å²) in [6.07, 6.45) is -0.839. The van der Waals surface area contributed by atoms with Gasteiger partial charge in [0.2, 0.25) is 10.0 Å². The summed E-state index contributed by atoms with van der Waals surface area (Å²) in [5.74, 6) is 0. The highest BCUT2D eigenvalue weighted by Gasteiger charge is 2.32. The maximum atomic E-state index is 12.4. The number of halogens is 2. The highest BCUT2D eigenvalue weighted by Crippen LogP contribution is 2.33. The molecular formula is C11H16Br2N2O3S. The number of aliphatic hydroxyl groups excluding tert-OH is 1. The highest BCUT2D eigenvalue weighted by atomic mass is 79.9. The van der Waals surface area contributed by atoms with E-state index < -0.39 is 21.7 Å². The molecule has 0 radical (unpaired) electrons. The van der Waals surface area contributed by atoms with Gasteiger partial charge >= 0.3 is 0 Å². The number of hydrogen-bond acceptors (Lipinski definition) is 4. The van der Waals surface area contributed by atoms with Gasteiger partial charge in [-0.25, -0.2) is 13.1 Å². The molecule has 1 aromatic rings. The SMILES string of the molecule is CC(O)C(C)(C)NS(=O)(=O)c1c(Br)cc(N)cc1Br. The number of anilines is 1. The van der Waals surface area contributed by atoms with E-state index in [-0.39, 0.29) is 4.90 Å². The average molecular weight is 416 g/mol. The summed E-state index contributed by atoms with van der Waals surface area (Å²) in [4.78, 5) is 0.0513. The van der Waals surface area contributed by atoms with Crippen LogP contribution in [0.3, 0.4) is 0 Å². The molecular weight excluding hydrogens is 400 g/mol. The van der Waals surface area contributed by atoms with E-state index in [1.807, 2.05) is 0 Å². The topological polar surface area (TPSA) is 92.4 Å². The van der Waals surface area contributed by atoms with Crippen molar-refractivity contribution in [3.05, 3.63) is 21.1 Å². The summed E-state index contributed by atoms with van der Waals surface area (Å²) < 4.78 is 27.9. The molecule has 0 saturated carbocycles. The van der Waals surface area contributed by atoms with Crippen LogP contribution in [-0.2, 0) is 10.0 Å². The van der Waals surface area contributed by atoms with Gasteiger partial charge in [-0.05, 0) is 64.8 Å². The highest BCUT2D eigenvalue weighted by molar-refractivity contribution is 9.11. The average Bonchev–Trinajstić information content (AvgIpc) is 2.12. The molecule has 0 aromatic heterocycles. The third kappa shape index (κ3) is 3.91. The van der Waals surface area contributed by atoms with Gasteiger partial charge in [-0.3, -0.25) is 0 Å². The number of nitrogens with one attached hydrogen (secondary N) is 1. The van der Waals surface area contributed by atoms with Gasteiger partial charge in [0.25, 0.3) is 0 Å². The van der Waals surface area contributed by atoms with Crippen LogP contribution in [0.5, 0.6) is 0 Å². The quantitative estimate of drug-likeness (QED) is 0.657. The predicted octanol–water partition coefficient (Wildman–Crippen LogP) is 2.23. The fraction of sp³-hybridized carbons (Fsp3) is 0.455. The van der Waals surface area contributed by atoms with E-state index >= 15 is 0 Å². The van der Waals surface area contributed by atoms with E-state index in [1.165, 1.54) is 19.1 Å². The van der Waals surface area contributed by atoms with Crippen LogP contribution < -0.4 is 10.5 Å². The van der Waals surface area contributed by atoms with Crippen molar-refractivity contribution < 1.29 is 13.5 Å². The second-order valence-corrected chi connectivity index (χ2v) is 8.14. The first-order valence-corrected chi connectivity index (χ1v) is 8.51. The second-order valence-electron chi connectivity index (χ2n) is 4.82. The molecule has 0 amide bonds. The van der Waals surface area contributed by atoms with E-state index in [0.29, 0.717) is 14.6 Å². The van der Waals surface area contributed by atoms with Crippen molar-refractivity contribution in [2.45, 2.75) is 37.3 Å². The second kappa shape index (κ2) is 5.69. The number of sulfonamides is 1. The van der Waals surface area contributed by atoms with E-state index in [2.05, 4.69) is 36.6 Å². The normalized spacial score (nSPS) is 14.4. The Bertz CT molecular complexity index is 563. The lowest BCUT2D eigenvalue weighted by atomic mass is 10.0. The lowest BCUT2D eigenvalue weighted by Gasteiger charge is -2.29. The van der Waals surface area contributed by atoms with Crippen LogP contribution in [0.15, 0.2) is 26.0 Å². The Kier molecular flexibility index (Phi) is 5.06. The number of nitrogen functional groups attached to an aromatic ring is 1. The molecule has 5 nitrogen and oxygen atoms in total. The van der Waals surface area contributed by atoms with Gasteiger partial charge in [-0.1, -0.05) is 0 Å². The standard InChI is InChI=1S/C11H16Br2N2O3S/c1-6(16)11(2,3)15-19(17,18)10-8(12)4-7(14)5-9(10)13/h4-6,15-16H,14H2,1-3H3. The van der Waals surface area contributed by atoms with Crippen molar-refractivity contribution in [3.63, 3.8) is 0 Å². The zero-order chi connectivity index (χ0) is 15.0. The van der Waals surface area contributed by atoms with E-state index in [1.54, 1.807) is 13.8 Å². The molecule has 0 fully saturated rings. The monoisotopic (exact) mass is 414 g/mol. The number of hydrogen-bond donors (Lipinski definition) is 3. The first-order valence-electron chi connectivity index (χ1n) is 5.44. The lowest BCUT2D eigenvalue weighted by molar-refractivity contribution is 0.111. The van der Waals surface area contributed by atoms with Crippen molar-refractivity contribution in [1.82, 2.24) is 4.72 Å². The third-order valence-corrected chi connectivity index (χ3v) is 6.28. The Morgan fingerprint density at radius 3 is 2.11 bits per heavy atom. The number of rotatable bonds is 4. The molecule has 0 aliphatic carbocycles. The van der Waals surface area contributed by atoms with Crippen LogP contribution in [0.1, 0.15) is 20.8 Å². The maximum absolute atomic E-state index is 12.4. The largest absolute Gasteiger partial charge is 0.399 e. The minimum Gasteiger partial charge on any atom is -0.399 e. The molecule has 0 bridgehead atoms. The minimum absolute atomic E-state index is 0.0513. The summed E-state index contributed by atoms with van der Waals surface area (Å²) in [5, 5.41) is 9.60. The van der Waals surface area contributed by atoms with Crippen molar-refractivity contribution in [2.24, 2.45) is 0 Å². The van der Waals surface area contributed by atoms with Crippen LogP contribution in [0.4, 0.5) is 5.69 Å². The number of nitrogens with two attached hydrogens (primary N) is 1. The van der Waals surface area contributed by atoms with Crippen molar-refractivity contribution >= 4 is 47.6 Å². The molecule has 8 heteroatoms. The van der Waals surface area contributed by atoms with Gasteiger partial charge in [0, 0.05) is 14.6 Å². The van der Waals surface area contributed by atoms with Gasteiger partial charge in [0.1, 0.15) is 4.90 Å². The molecule has 1 aromatic carbocycles. The van der Waals surface area contributed by atoms with Gasteiger partial charge in [-0.2, -0.15) is 0 Å². The van der Waals surface area contributed by atoms with Crippen molar-refractivity contribution in [1.29, 1.82) is 0 Å². The van der Waals surface area contributed by atoms with E-state index in [4.69, 9.17) is 5.73 Å². The first-order chi connectivity index (χ1) is 8.47. The van der Waals surface area contributed by atoms with Crippen LogP contribution in [0, 0.1) is 0 Å². The van der Waals surface area contributed by atoms with Gasteiger partial charge in [0.15, 0.2) is 0 Å². The van der Waals surface area contributed by atoms with Crippen LogP contribution >= 0.6 is 31.9 Å². The smallest absolute Gasteiger partial charge is 0.243 e. The summed E-state index contributed by atoms with van der Waals surface area (Å²) in [5.41, 5.74) is 5.08. The molecule has 1 rings (SSSR count). The Labute approximate surface area is 129 Å². The maximum Gasteiger partial charge on any atom is 0.243 e. The summed E-state index contributed by atoms with van der Waals surface area (Å²) >= 11 is 6.37. The van der Waals surface area contributed by atoms with Crippen molar-refractivity contribution in [2.75, 3.05) is 5.73 Å². The Hall–Kier alpha value is -0.150. The zero-order valence-electron chi connectivity index (χ0n) is 10.7. The van der Waals surface area contributed by atoms with Crippen LogP contribution in [-0.4, -0.2) is 25.2 Å².